The minimum atomic E-state index is 0.898. The van der Waals surface area contributed by atoms with Crippen LogP contribution in [0.1, 0.15) is 44.1 Å². The van der Waals surface area contributed by atoms with E-state index in [1.54, 1.807) is 0 Å². The number of hydrogen-bond donors (Lipinski definition) is 0. The van der Waals surface area contributed by atoms with Crippen LogP contribution in [-0.4, -0.2) is 37.7 Å². The van der Waals surface area contributed by atoms with Crippen molar-refractivity contribution in [2.24, 2.45) is 0 Å². The maximum Gasteiger partial charge on any atom is 0.0478 e. The van der Waals surface area contributed by atoms with Gasteiger partial charge in [0.05, 0.1) is 0 Å². The van der Waals surface area contributed by atoms with Gasteiger partial charge in [-0.3, -0.25) is 0 Å². The van der Waals surface area contributed by atoms with E-state index in [9.17, 15) is 0 Å². The van der Waals surface area contributed by atoms with E-state index in [1.807, 2.05) is 0 Å². The van der Waals surface area contributed by atoms with Gasteiger partial charge in [-0.25, -0.2) is 0 Å². The molecule has 0 aromatic heterocycles. The predicted octanol–water partition coefficient (Wildman–Crippen LogP) is 3.90. The Morgan fingerprint density at radius 2 is 1.55 bits per heavy atom. The molecule has 0 bridgehead atoms. The SMILES string of the molecule is c1ccc(CCCOCCCN2CCCCCC2)cc1. The third-order valence-electron chi connectivity index (χ3n) is 4.06. The van der Waals surface area contributed by atoms with E-state index in [-0.39, 0.29) is 0 Å². The van der Waals surface area contributed by atoms with Gasteiger partial charge < -0.3 is 9.64 Å². The summed E-state index contributed by atoms with van der Waals surface area (Å²) >= 11 is 0. The number of hydrogen-bond acceptors (Lipinski definition) is 2. The van der Waals surface area contributed by atoms with E-state index >= 15 is 0 Å². The van der Waals surface area contributed by atoms with E-state index in [0.717, 1.165) is 26.1 Å². The molecule has 0 N–H and O–H groups in total. The molecule has 112 valence electrons. The molecular weight excluding hydrogens is 246 g/mol. The molecule has 1 aromatic rings. The topological polar surface area (TPSA) is 12.5 Å². The molecule has 1 aliphatic rings. The van der Waals surface area contributed by atoms with Crippen LogP contribution >= 0.6 is 0 Å². The fourth-order valence-corrected chi connectivity index (χ4v) is 2.88. The van der Waals surface area contributed by atoms with Crippen molar-refractivity contribution in [2.75, 3.05) is 32.8 Å². The lowest BCUT2D eigenvalue weighted by atomic mass is 10.1. The minimum Gasteiger partial charge on any atom is -0.381 e. The van der Waals surface area contributed by atoms with Crippen molar-refractivity contribution >= 4 is 0 Å². The van der Waals surface area contributed by atoms with E-state index in [2.05, 4.69) is 35.2 Å². The lowest BCUT2D eigenvalue weighted by molar-refractivity contribution is 0.119. The summed E-state index contributed by atoms with van der Waals surface area (Å²) in [6.07, 6.45) is 9.07. The Labute approximate surface area is 124 Å². The van der Waals surface area contributed by atoms with Crippen LogP contribution < -0.4 is 0 Å². The molecular formula is C18H29NO. The van der Waals surface area contributed by atoms with Crippen LogP contribution in [0.2, 0.25) is 0 Å². The third-order valence-corrected chi connectivity index (χ3v) is 4.06. The summed E-state index contributed by atoms with van der Waals surface area (Å²) in [5.74, 6) is 0. The normalized spacial score (nSPS) is 17.0. The average molecular weight is 275 g/mol. The summed E-state index contributed by atoms with van der Waals surface area (Å²) in [5.41, 5.74) is 1.42. The zero-order valence-electron chi connectivity index (χ0n) is 12.7. The van der Waals surface area contributed by atoms with Crippen LogP contribution in [0.5, 0.6) is 0 Å². The van der Waals surface area contributed by atoms with Crippen molar-refractivity contribution in [3.05, 3.63) is 35.9 Å². The van der Waals surface area contributed by atoms with Gasteiger partial charge in [0, 0.05) is 19.8 Å². The molecule has 0 amide bonds. The van der Waals surface area contributed by atoms with Crippen molar-refractivity contribution in [2.45, 2.75) is 44.9 Å². The van der Waals surface area contributed by atoms with Gasteiger partial charge >= 0.3 is 0 Å². The molecule has 2 nitrogen and oxygen atoms in total. The Balaban J connectivity index is 1.43. The highest BCUT2D eigenvalue weighted by Crippen LogP contribution is 2.09. The van der Waals surface area contributed by atoms with Crippen LogP contribution in [0.25, 0.3) is 0 Å². The second kappa shape index (κ2) is 9.95. The Bertz CT molecular complexity index is 331. The molecule has 0 saturated carbocycles. The Kier molecular flexibility index (Phi) is 7.73. The molecule has 0 unspecified atom stereocenters. The summed E-state index contributed by atoms with van der Waals surface area (Å²) in [6.45, 7) is 5.64. The van der Waals surface area contributed by atoms with Crippen LogP contribution in [0, 0.1) is 0 Å². The first-order valence-corrected chi connectivity index (χ1v) is 8.29. The second-order valence-corrected chi connectivity index (χ2v) is 5.81. The first-order valence-electron chi connectivity index (χ1n) is 8.29. The first-order chi connectivity index (χ1) is 9.95. The Hall–Kier alpha value is -0.860. The van der Waals surface area contributed by atoms with Gasteiger partial charge in [0.1, 0.15) is 0 Å². The molecule has 2 heteroatoms. The number of ether oxygens (including phenoxy) is 1. The number of rotatable bonds is 8. The maximum absolute atomic E-state index is 5.75. The molecule has 2 rings (SSSR count). The second-order valence-electron chi connectivity index (χ2n) is 5.81. The Morgan fingerprint density at radius 1 is 0.850 bits per heavy atom. The van der Waals surface area contributed by atoms with Gasteiger partial charge in [-0.15, -0.1) is 0 Å². The van der Waals surface area contributed by atoms with E-state index in [4.69, 9.17) is 4.74 Å². The molecule has 1 aromatic carbocycles. The average Bonchev–Trinajstić information content (AvgIpc) is 2.76. The maximum atomic E-state index is 5.75. The van der Waals surface area contributed by atoms with Gasteiger partial charge in [-0.2, -0.15) is 0 Å². The smallest absolute Gasteiger partial charge is 0.0478 e. The van der Waals surface area contributed by atoms with Gasteiger partial charge in [-0.1, -0.05) is 43.2 Å². The summed E-state index contributed by atoms with van der Waals surface area (Å²) < 4.78 is 5.75. The highest BCUT2D eigenvalue weighted by molar-refractivity contribution is 5.14. The molecule has 1 fully saturated rings. The van der Waals surface area contributed by atoms with Crippen LogP contribution in [0.3, 0.4) is 0 Å². The predicted molar refractivity (Wildman–Crippen MR) is 85.1 cm³/mol. The van der Waals surface area contributed by atoms with Crippen molar-refractivity contribution < 1.29 is 4.74 Å². The van der Waals surface area contributed by atoms with E-state index < -0.39 is 0 Å². The fraction of sp³-hybridized carbons (Fsp3) is 0.667. The summed E-state index contributed by atoms with van der Waals surface area (Å²) in [7, 11) is 0. The molecule has 20 heavy (non-hydrogen) atoms. The number of nitrogens with zero attached hydrogens (tertiary/aromatic N) is 1. The van der Waals surface area contributed by atoms with Gasteiger partial charge in [0.15, 0.2) is 0 Å². The molecule has 1 saturated heterocycles. The summed E-state index contributed by atoms with van der Waals surface area (Å²) in [6, 6.07) is 10.7. The van der Waals surface area contributed by atoms with Crippen molar-refractivity contribution in [1.82, 2.24) is 4.90 Å². The van der Waals surface area contributed by atoms with Gasteiger partial charge in [-0.05, 0) is 50.8 Å². The molecule has 0 radical (unpaired) electrons. The number of aryl methyl sites for hydroxylation is 1. The molecule has 1 heterocycles. The number of benzene rings is 1. The Morgan fingerprint density at radius 3 is 2.30 bits per heavy atom. The first kappa shape index (κ1) is 15.5. The standard InChI is InChI=1S/C18H29NO/c1-2-7-14-19(13-6-1)15-9-17-20-16-8-12-18-10-4-3-5-11-18/h3-5,10-11H,1-2,6-9,12-17H2. The monoisotopic (exact) mass is 275 g/mol. The van der Waals surface area contributed by atoms with E-state index in [1.165, 1.54) is 57.3 Å². The summed E-state index contributed by atoms with van der Waals surface area (Å²) in [4.78, 5) is 2.61. The molecule has 0 spiro atoms. The van der Waals surface area contributed by atoms with Gasteiger partial charge in [0.2, 0.25) is 0 Å². The summed E-state index contributed by atoms with van der Waals surface area (Å²) in [5, 5.41) is 0. The molecule has 0 atom stereocenters. The van der Waals surface area contributed by atoms with Crippen molar-refractivity contribution in [1.29, 1.82) is 0 Å². The highest BCUT2D eigenvalue weighted by Gasteiger charge is 2.07. The highest BCUT2D eigenvalue weighted by atomic mass is 16.5. The largest absolute Gasteiger partial charge is 0.381 e. The van der Waals surface area contributed by atoms with Crippen molar-refractivity contribution in [3.8, 4) is 0 Å². The lowest BCUT2D eigenvalue weighted by Gasteiger charge is -2.19. The van der Waals surface area contributed by atoms with Crippen LogP contribution in [0.15, 0.2) is 30.3 Å². The minimum absolute atomic E-state index is 0.898. The third kappa shape index (κ3) is 6.53. The van der Waals surface area contributed by atoms with Gasteiger partial charge in [0.25, 0.3) is 0 Å². The van der Waals surface area contributed by atoms with Crippen LogP contribution in [-0.2, 0) is 11.2 Å². The molecule has 0 aliphatic carbocycles. The molecule has 1 aliphatic heterocycles. The zero-order chi connectivity index (χ0) is 13.9. The van der Waals surface area contributed by atoms with Crippen LogP contribution in [0.4, 0.5) is 0 Å². The van der Waals surface area contributed by atoms with Crippen molar-refractivity contribution in [3.63, 3.8) is 0 Å². The van der Waals surface area contributed by atoms with E-state index in [0.29, 0.717) is 0 Å². The fourth-order valence-electron chi connectivity index (χ4n) is 2.88. The zero-order valence-corrected chi connectivity index (χ0v) is 12.7. The lowest BCUT2D eigenvalue weighted by Crippen LogP contribution is -2.26. The quantitative estimate of drug-likeness (QED) is 0.667. The number of likely N-dealkylation sites (tertiary alicyclic amines) is 1.